The zero-order valence-electron chi connectivity index (χ0n) is 10.3. The lowest BCUT2D eigenvalue weighted by Crippen LogP contribution is -2.40. The molecule has 0 bridgehead atoms. The van der Waals surface area contributed by atoms with Crippen LogP contribution in [0.1, 0.15) is 12.8 Å². The average molecular weight is 285 g/mol. The van der Waals surface area contributed by atoms with E-state index in [1.807, 2.05) is 4.72 Å². The van der Waals surface area contributed by atoms with Gasteiger partial charge in [0.15, 0.2) is 0 Å². The summed E-state index contributed by atoms with van der Waals surface area (Å²) in [6, 6.07) is 3.44. The summed E-state index contributed by atoms with van der Waals surface area (Å²) in [5.74, 6) is 0.0896. The van der Waals surface area contributed by atoms with Gasteiger partial charge in [0.1, 0.15) is 10.6 Å². The lowest BCUT2D eigenvalue weighted by atomic mass is 10.3. The number of carbonyl (C=O) groups excluding carboxylic acids is 1. The highest BCUT2D eigenvalue weighted by atomic mass is 32.2. The van der Waals surface area contributed by atoms with Gasteiger partial charge < -0.3 is 15.8 Å². The number of ether oxygens (including phenoxy) is 1. The molecule has 1 aliphatic carbocycles. The summed E-state index contributed by atoms with van der Waals surface area (Å²) in [4.78, 5) is 11.4. The maximum absolute atomic E-state index is 12.0. The lowest BCUT2D eigenvalue weighted by molar-refractivity contribution is 0.245. The molecule has 1 fully saturated rings. The summed E-state index contributed by atoms with van der Waals surface area (Å²) < 4.78 is 31.0. The third kappa shape index (κ3) is 3.28. The molecule has 0 spiro atoms. The Hall–Kier alpha value is -1.96. The SMILES string of the molecule is COc1cc(N)ccc1S(=O)(=O)NC(=O)NC1CC1. The maximum Gasteiger partial charge on any atom is 0.328 e. The normalized spacial score (nSPS) is 14.8. The molecule has 7 nitrogen and oxygen atoms in total. The van der Waals surface area contributed by atoms with Crippen LogP contribution >= 0.6 is 0 Å². The van der Waals surface area contributed by atoms with Crippen molar-refractivity contribution < 1.29 is 17.9 Å². The number of anilines is 1. The fraction of sp³-hybridized carbons (Fsp3) is 0.364. The van der Waals surface area contributed by atoms with Crippen LogP contribution in [0.15, 0.2) is 23.1 Å². The minimum atomic E-state index is -3.98. The minimum absolute atomic E-state index is 0.0727. The molecule has 0 aliphatic heterocycles. The topological polar surface area (TPSA) is 111 Å². The molecule has 19 heavy (non-hydrogen) atoms. The van der Waals surface area contributed by atoms with Gasteiger partial charge in [-0.05, 0) is 25.0 Å². The number of amides is 2. The maximum atomic E-state index is 12.0. The molecule has 4 N–H and O–H groups in total. The largest absolute Gasteiger partial charge is 0.495 e. The van der Waals surface area contributed by atoms with Crippen molar-refractivity contribution >= 4 is 21.7 Å². The molecule has 104 valence electrons. The highest BCUT2D eigenvalue weighted by Gasteiger charge is 2.27. The molecule has 0 unspecified atom stereocenters. The molecule has 1 aliphatic rings. The van der Waals surface area contributed by atoms with E-state index in [1.165, 1.54) is 25.3 Å². The van der Waals surface area contributed by atoms with Gasteiger partial charge >= 0.3 is 6.03 Å². The van der Waals surface area contributed by atoms with E-state index >= 15 is 0 Å². The first kappa shape index (κ1) is 13.5. The van der Waals surface area contributed by atoms with Crippen LogP contribution in [0.2, 0.25) is 0 Å². The Morgan fingerprint density at radius 2 is 2.11 bits per heavy atom. The highest BCUT2D eigenvalue weighted by molar-refractivity contribution is 7.90. The minimum Gasteiger partial charge on any atom is -0.495 e. The third-order valence-corrected chi connectivity index (χ3v) is 3.99. The smallest absolute Gasteiger partial charge is 0.328 e. The molecule has 1 aromatic carbocycles. The number of nitrogen functional groups attached to an aromatic ring is 1. The Morgan fingerprint density at radius 3 is 2.68 bits per heavy atom. The van der Waals surface area contributed by atoms with Crippen molar-refractivity contribution in [2.24, 2.45) is 0 Å². The van der Waals surface area contributed by atoms with Gasteiger partial charge in [-0.1, -0.05) is 0 Å². The van der Waals surface area contributed by atoms with Gasteiger partial charge in [-0.15, -0.1) is 0 Å². The third-order valence-electron chi connectivity index (χ3n) is 2.62. The van der Waals surface area contributed by atoms with Crippen LogP contribution in [0.5, 0.6) is 5.75 Å². The number of nitrogens with two attached hydrogens (primary N) is 1. The summed E-state index contributed by atoms with van der Waals surface area (Å²) in [6.07, 6.45) is 1.75. The van der Waals surface area contributed by atoms with Crippen LogP contribution in [-0.4, -0.2) is 27.6 Å². The highest BCUT2D eigenvalue weighted by Crippen LogP contribution is 2.26. The van der Waals surface area contributed by atoms with Gasteiger partial charge in [0.2, 0.25) is 0 Å². The standard InChI is InChI=1S/C11H15N3O4S/c1-18-9-6-7(12)2-5-10(9)19(16,17)14-11(15)13-8-3-4-8/h2,5-6,8H,3-4,12H2,1H3,(H2,13,14,15). The molecule has 0 radical (unpaired) electrons. The molecule has 0 heterocycles. The number of rotatable bonds is 4. The lowest BCUT2D eigenvalue weighted by Gasteiger charge is -2.11. The Balaban J connectivity index is 2.20. The molecule has 2 amide bonds. The van der Waals surface area contributed by atoms with E-state index < -0.39 is 16.1 Å². The van der Waals surface area contributed by atoms with E-state index in [0.29, 0.717) is 5.69 Å². The van der Waals surface area contributed by atoms with Crippen molar-refractivity contribution in [3.05, 3.63) is 18.2 Å². The summed E-state index contributed by atoms with van der Waals surface area (Å²) in [5.41, 5.74) is 5.92. The zero-order valence-corrected chi connectivity index (χ0v) is 11.2. The molecular formula is C11H15N3O4S. The van der Waals surface area contributed by atoms with E-state index in [1.54, 1.807) is 0 Å². The van der Waals surface area contributed by atoms with Crippen LogP contribution in [0, 0.1) is 0 Å². The van der Waals surface area contributed by atoms with Gasteiger partial charge in [-0.3, -0.25) is 0 Å². The molecule has 2 rings (SSSR count). The van der Waals surface area contributed by atoms with Crippen LogP contribution in [0.4, 0.5) is 10.5 Å². The van der Waals surface area contributed by atoms with Crippen LogP contribution in [0.3, 0.4) is 0 Å². The molecule has 0 saturated heterocycles. The summed E-state index contributed by atoms with van der Waals surface area (Å²) in [6.45, 7) is 0. The van der Waals surface area contributed by atoms with Gasteiger partial charge in [0, 0.05) is 17.8 Å². The molecule has 0 atom stereocenters. The summed E-state index contributed by atoms with van der Waals surface area (Å²) in [5, 5.41) is 2.53. The van der Waals surface area contributed by atoms with Gasteiger partial charge in [0.05, 0.1) is 7.11 Å². The molecule has 8 heteroatoms. The Labute approximate surface area is 111 Å². The molecule has 1 aromatic rings. The Bertz CT molecular complexity index is 596. The number of hydrogen-bond acceptors (Lipinski definition) is 5. The van der Waals surface area contributed by atoms with E-state index in [9.17, 15) is 13.2 Å². The van der Waals surface area contributed by atoms with Crippen molar-refractivity contribution in [3.8, 4) is 5.75 Å². The number of hydrogen-bond donors (Lipinski definition) is 3. The van der Waals surface area contributed by atoms with Gasteiger partial charge in [0.25, 0.3) is 10.0 Å². The van der Waals surface area contributed by atoms with Crippen molar-refractivity contribution in [2.45, 2.75) is 23.8 Å². The molecule has 1 saturated carbocycles. The number of carbonyl (C=O) groups is 1. The monoisotopic (exact) mass is 285 g/mol. The van der Waals surface area contributed by atoms with E-state index in [2.05, 4.69) is 5.32 Å². The first-order valence-corrected chi connectivity index (χ1v) is 7.17. The second-order valence-electron chi connectivity index (χ2n) is 4.26. The van der Waals surface area contributed by atoms with Crippen molar-refractivity contribution in [1.29, 1.82) is 0 Å². The predicted molar refractivity (Wildman–Crippen MR) is 69.3 cm³/mol. The zero-order chi connectivity index (χ0) is 14.0. The van der Waals surface area contributed by atoms with Crippen LogP contribution in [0.25, 0.3) is 0 Å². The first-order chi connectivity index (χ1) is 8.92. The van der Waals surface area contributed by atoms with Crippen molar-refractivity contribution in [2.75, 3.05) is 12.8 Å². The van der Waals surface area contributed by atoms with E-state index in [0.717, 1.165) is 12.8 Å². The summed E-state index contributed by atoms with van der Waals surface area (Å²) >= 11 is 0. The Kier molecular flexibility index (Phi) is 3.52. The van der Waals surface area contributed by atoms with E-state index in [4.69, 9.17) is 10.5 Å². The number of urea groups is 1. The predicted octanol–water partition coefficient (Wildman–Crippen LogP) is 0.428. The number of methoxy groups -OCH3 is 1. The van der Waals surface area contributed by atoms with Gasteiger partial charge in [-0.25, -0.2) is 17.9 Å². The first-order valence-electron chi connectivity index (χ1n) is 5.69. The van der Waals surface area contributed by atoms with E-state index in [-0.39, 0.29) is 16.7 Å². The van der Waals surface area contributed by atoms with Crippen molar-refractivity contribution in [3.63, 3.8) is 0 Å². The Morgan fingerprint density at radius 1 is 1.42 bits per heavy atom. The summed E-state index contributed by atoms with van der Waals surface area (Å²) in [7, 11) is -2.65. The fourth-order valence-electron chi connectivity index (χ4n) is 1.53. The number of nitrogens with one attached hydrogen (secondary N) is 2. The molecule has 0 aromatic heterocycles. The average Bonchev–Trinajstić information content (AvgIpc) is 3.11. The van der Waals surface area contributed by atoms with Gasteiger partial charge in [-0.2, -0.15) is 0 Å². The quantitative estimate of drug-likeness (QED) is 0.695. The van der Waals surface area contributed by atoms with Crippen molar-refractivity contribution in [1.82, 2.24) is 10.0 Å². The molecular weight excluding hydrogens is 270 g/mol. The van der Waals surface area contributed by atoms with Crippen LogP contribution in [-0.2, 0) is 10.0 Å². The second-order valence-corrected chi connectivity index (χ2v) is 5.91. The second kappa shape index (κ2) is 4.96. The van der Waals surface area contributed by atoms with Crippen LogP contribution < -0.4 is 20.5 Å². The number of benzene rings is 1. The fourth-order valence-corrected chi connectivity index (χ4v) is 2.59. The number of sulfonamides is 1.